The molecule has 1 unspecified atom stereocenters. The molecule has 1 aliphatic heterocycles. The normalized spacial score (nSPS) is 14.3. The van der Waals surface area contributed by atoms with Gasteiger partial charge < -0.3 is 5.11 Å². The standard InChI is InChI=1S/C18H17N5O2/c1-22-11-14(10-20-22)23-8-6-16(24)17(21-23)18(25)13-4-5-15-12(9-13)3-2-7-19-15/h4-11,18,25H,2-3H2,1H3. The van der Waals surface area contributed by atoms with Gasteiger partial charge in [-0.05, 0) is 30.0 Å². The molecule has 0 aliphatic carbocycles. The van der Waals surface area contributed by atoms with E-state index < -0.39 is 6.10 Å². The number of fused-ring (bicyclic) bond motifs is 1. The predicted octanol–water partition coefficient (Wildman–Crippen LogP) is 1.70. The molecule has 1 N–H and O–H groups in total. The number of nitrogens with zero attached hydrogens (tertiary/aromatic N) is 5. The molecule has 1 atom stereocenters. The largest absolute Gasteiger partial charge is 0.382 e. The van der Waals surface area contributed by atoms with E-state index >= 15 is 0 Å². The number of aryl methyl sites for hydroxylation is 2. The molecule has 7 nitrogen and oxygen atoms in total. The van der Waals surface area contributed by atoms with Crippen molar-refractivity contribution < 1.29 is 5.11 Å². The Balaban J connectivity index is 1.73. The lowest BCUT2D eigenvalue weighted by molar-refractivity contribution is 0.211. The summed E-state index contributed by atoms with van der Waals surface area (Å²) in [6, 6.07) is 6.96. The summed E-state index contributed by atoms with van der Waals surface area (Å²) in [6.45, 7) is 0. The number of aliphatic imine (C=N–C) groups is 1. The van der Waals surface area contributed by atoms with E-state index in [1.165, 1.54) is 10.7 Å². The van der Waals surface area contributed by atoms with Gasteiger partial charge in [-0.1, -0.05) is 12.1 Å². The number of hydrogen-bond acceptors (Lipinski definition) is 5. The van der Waals surface area contributed by atoms with Crippen LogP contribution in [0.4, 0.5) is 5.69 Å². The maximum absolute atomic E-state index is 12.2. The van der Waals surface area contributed by atoms with Crippen LogP contribution in [0.3, 0.4) is 0 Å². The fourth-order valence-electron chi connectivity index (χ4n) is 2.92. The third-order valence-electron chi connectivity index (χ3n) is 4.24. The first-order valence-corrected chi connectivity index (χ1v) is 8.04. The van der Waals surface area contributed by atoms with Gasteiger partial charge in [-0.2, -0.15) is 10.2 Å². The number of rotatable bonds is 3. The van der Waals surface area contributed by atoms with E-state index in [9.17, 15) is 9.90 Å². The summed E-state index contributed by atoms with van der Waals surface area (Å²) >= 11 is 0. The van der Waals surface area contributed by atoms with Gasteiger partial charge in [0.15, 0.2) is 0 Å². The van der Waals surface area contributed by atoms with Crippen LogP contribution in [-0.2, 0) is 13.5 Å². The average Bonchev–Trinajstić information content (AvgIpc) is 3.07. The van der Waals surface area contributed by atoms with Crippen molar-refractivity contribution in [2.45, 2.75) is 18.9 Å². The van der Waals surface area contributed by atoms with Gasteiger partial charge in [-0.25, -0.2) is 4.68 Å². The summed E-state index contributed by atoms with van der Waals surface area (Å²) in [7, 11) is 1.80. The minimum atomic E-state index is -1.09. The molecule has 4 rings (SSSR count). The lowest BCUT2D eigenvalue weighted by Gasteiger charge is -2.15. The first-order chi connectivity index (χ1) is 12.1. The number of benzene rings is 1. The second-order valence-corrected chi connectivity index (χ2v) is 6.02. The van der Waals surface area contributed by atoms with Gasteiger partial charge in [0, 0.05) is 25.5 Å². The maximum atomic E-state index is 12.2. The van der Waals surface area contributed by atoms with E-state index in [1.54, 1.807) is 36.4 Å². The maximum Gasteiger partial charge on any atom is 0.206 e. The first-order valence-electron chi connectivity index (χ1n) is 8.04. The zero-order valence-electron chi connectivity index (χ0n) is 13.7. The van der Waals surface area contributed by atoms with Crippen LogP contribution in [0, 0.1) is 0 Å². The highest BCUT2D eigenvalue weighted by molar-refractivity contribution is 5.69. The third kappa shape index (κ3) is 2.89. The smallest absolute Gasteiger partial charge is 0.206 e. The molecule has 1 aromatic carbocycles. The SMILES string of the molecule is Cn1cc(-n2ccc(=O)c(C(O)c3ccc4c(c3)CCC=N4)n2)cn1. The van der Waals surface area contributed by atoms with Crippen LogP contribution in [0.2, 0.25) is 0 Å². The fourth-order valence-corrected chi connectivity index (χ4v) is 2.92. The van der Waals surface area contributed by atoms with Crippen LogP contribution < -0.4 is 5.43 Å². The lowest BCUT2D eigenvalue weighted by atomic mass is 9.98. The van der Waals surface area contributed by atoms with Crippen molar-refractivity contribution in [2.24, 2.45) is 12.0 Å². The Bertz CT molecular complexity index is 1020. The van der Waals surface area contributed by atoms with Gasteiger partial charge >= 0.3 is 0 Å². The molecule has 0 bridgehead atoms. The number of hydrogen-bond donors (Lipinski definition) is 1. The van der Waals surface area contributed by atoms with Gasteiger partial charge in [-0.3, -0.25) is 14.5 Å². The molecule has 3 aromatic rings. The van der Waals surface area contributed by atoms with Gasteiger partial charge in [0.05, 0.1) is 18.1 Å². The molecule has 25 heavy (non-hydrogen) atoms. The minimum Gasteiger partial charge on any atom is -0.382 e. The molecular formula is C18H17N5O2. The molecule has 3 heterocycles. The quantitative estimate of drug-likeness (QED) is 0.789. The Morgan fingerprint density at radius 1 is 1.28 bits per heavy atom. The molecule has 0 fully saturated rings. The van der Waals surface area contributed by atoms with E-state index in [0.29, 0.717) is 5.56 Å². The van der Waals surface area contributed by atoms with E-state index in [4.69, 9.17) is 0 Å². The first kappa shape index (κ1) is 15.5. The minimum absolute atomic E-state index is 0.0885. The molecule has 1 aliphatic rings. The van der Waals surface area contributed by atoms with Crippen molar-refractivity contribution in [3.8, 4) is 5.69 Å². The molecule has 2 aromatic heterocycles. The van der Waals surface area contributed by atoms with Crippen molar-refractivity contribution in [3.63, 3.8) is 0 Å². The van der Waals surface area contributed by atoms with E-state index in [0.717, 1.165) is 29.8 Å². The molecule has 0 spiro atoms. The number of aromatic nitrogens is 4. The van der Waals surface area contributed by atoms with Crippen LogP contribution in [0.1, 0.15) is 29.3 Å². The van der Waals surface area contributed by atoms with Crippen LogP contribution in [0.15, 0.2) is 52.6 Å². The molecule has 126 valence electrons. The molecule has 0 saturated carbocycles. The van der Waals surface area contributed by atoms with E-state index in [2.05, 4.69) is 15.2 Å². The summed E-state index contributed by atoms with van der Waals surface area (Å²) in [5.74, 6) is 0. The highest BCUT2D eigenvalue weighted by atomic mass is 16.3. The zero-order valence-corrected chi connectivity index (χ0v) is 13.7. The highest BCUT2D eigenvalue weighted by Crippen LogP contribution is 2.28. The van der Waals surface area contributed by atoms with Gasteiger partial charge in [0.25, 0.3) is 0 Å². The van der Waals surface area contributed by atoms with Crippen LogP contribution in [-0.4, -0.2) is 30.9 Å². The van der Waals surface area contributed by atoms with Gasteiger partial charge in [0.1, 0.15) is 17.5 Å². The highest BCUT2D eigenvalue weighted by Gasteiger charge is 2.19. The lowest BCUT2D eigenvalue weighted by Crippen LogP contribution is -2.20. The van der Waals surface area contributed by atoms with Crippen molar-refractivity contribution >= 4 is 11.9 Å². The zero-order chi connectivity index (χ0) is 17.4. The monoisotopic (exact) mass is 335 g/mol. The van der Waals surface area contributed by atoms with Crippen LogP contribution in [0.25, 0.3) is 5.69 Å². The fraction of sp³-hybridized carbons (Fsp3) is 0.222. The second kappa shape index (κ2) is 6.10. The Kier molecular flexibility index (Phi) is 3.77. The third-order valence-corrected chi connectivity index (χ3v) is 4.24. The van der Waals surface area contributed by atoms with Gasteiger partial charge in [0.2, 0.25) is 5.43 Å². The molecule has 0 saturated heterocycles. The van der Waals surface area contributed by atoms with Crippen LogP contribution in [0.5, 0.6) is 0 Å². The Labute approximate surface area is 143 Å². The predicted molar refractivity (Wildman–Crippen MR) is 93.6 cm³/mol. The van der Waals surface area contributed by atoms with E-state index in [1.807, 2.05) is 18.3 Å². The van der Waals surface area contributed by atoms with Crippen molar-refractivity contribution in [1.29, 1.82) is 0 Å². The number of aliphatic hydroxyl groups excluding tert-OH is 1. The van der Waals surface area contributed by atoms with Crippen molar-refractivity contribution in [1.82, 2.24) is 19.6 Å². The Morgan fingerprint density at radius 3 is 2.96 bits per heavy atom. The molecular weight excluding hydrogens is 318 g/mol. The Morgan fingerprint density at radius 2 is 2.16 bits per heavy atom. The number of aliphatic hydroxyl groups is 1. The van der Waals surface area contributed by atoms with Crippen molar-refractivity contribution in [2.75, 3.05) is 0 Å². The topological polar surface area (TPSA) is 85.3 Å². The average molecular weight is 335 g/mol. The summed E-state index contributed by atoms with van der Waals surface area (Å²) in [5, 5.41) is 19.1. The summed E-state index contributed by atoms with van der Waals surface area (Å²) < 4.78 is 3.19. The van der Waals surface area contributed by atoms with Crippen molar-refractivity contribution in [3.05, 3.63) is 69.9 Å². The summed E-state index contributed by atoms with van der Waals surface area (Å²) in [4.78, 5) is 16.6. The molecule has 7 heteroatoms. The summed E-state index contributed by atoms with van der Waals surface area (Å²) in [6.07, 6.45) is 7.55. The van der Waals surface area contributed by atoms with Crippen LogP contribution >= 0.6 is 0 Å². The molecule has 0 radical (unpaired) electrons. The van der Waals surface area contributed by atoms with E-state index in [-0.39, 0.29) is 11.1 Å². The van der Waals surface area contributed by atoms with Gasteiger partial charge in [-0.15, -0.1) is 0 Å². The second-order valence-electron chi connectivity index (χ2n) is 6.02. The molecule has 0 amide bonds. The Hall–Kier alpha value is -3.06. The summed E-state index contributed by atoms with van der Waals surface area (Å²) in [5.41, 5.74) is 3.13.